The van der Waals surface area contributed by atoms with Crippen molar-refractivity contribution in [2.75, 3.05) is 19.7 Å². The second kappa shape index (κ2) is 10.9. The van der Waals surface area contributed by atoms with Gasteiger partial charge in [-0.05, 0) is 61.9 Å². The minimum Gasteiger partial charge on any atom is -0.493 e. The maximum atomic E-state index is 13.0. The summed E-state index contributed by atoms with van der Waals surface area (Å²) in [4.78, 5) is 26.6. The van der Waals surface area contributed by atoms with Gasteiger partial charge in [0.2, 0.25) is 11.8 Å². The lowest BCUT2D eigenvalue weighted by atomic mass is 10.0. The molecule has 6 heteroatoms. The number of aryl methyl sites for hydroxylation is 2. The van der Waals surface area contributed by atoms with E-state index >= 15 is 0 Å². The molecule has 0 radical (unpaired) electrons. The van der Waals surface area contributed by atoms with Crippen molar-refractivity contribution in [1.82, 2.24) is 10.2 Å². The number of nitrogens with one attached hydrogen (secondary N) is 1. The molecule has 5 nitrogen and oxygen atoms in total. The first-order chi connectivity index (χ1) is 14.9. The quantitative estimate of drug-likeness (QED) is 0.651. The molecule has 31 heavy (non-hydrogen) atoms. The number of amides is 2. The van der Waals surface area contributed by atoms with E-state index in [4.69, 9.17) is 4.74 Å². The van der Waals surface area contributed by atoms with Crippen LogP contribution in [0.15, 0.2) is 42.5 Å². The Bertz CT molecular complexity index is 870. The first kappa shape index (κ1) is 22.8. The minimum absolute atomic E-state index is 0.0694. The number of likely N-dealkylation sites (tertiary alicyclic amines) is 1. The summed E-state index contributed by atoms with van der Waals surface area (Å²) in [5, 5.41) is 3.03. The van der Waals surface area contributed by atoms with E-state index in [-0.39, 0.29) is 30.1 Å². The van der Waals surface area contributed by atoms with Crippen LogP contribution in [0.3, 0.4) is 0 Å². The van der Waals surface area contributed by atoms with E-state index < -0.39 is 0 Å². The van der Waals surface area contributed by atoms with Gasteiger partial charge in [-0.3, -0.25) is 9.59 Å². The zero-order chi connectivity index (χ0) is 22.2. The maximum Gasteiger partial charge on any atom is 0.224 e. The number of hydrogen-bond donors (Lipinski definition) is 1. The van der Waals surface area contributed by atoms with Gasteiger partial charge in [0, 0.05) is 25.6 Å². The summed E-state index contributed by atoms with van der Waals surface area (Å²) in [5.41, 5.74) is 3.00. The number of carbonyl (C=O) groups is 2. The van der Waals surface area contributed by atoms with Gasteiger partial charge in [-0.15, -0.1) is 0 Å². The highest BCUT2D eigenvalue weighted by molar-refractivity contribution is 5.79. The molecule has 166 valence electrons. The number of piperidine rings is 1. The van der Waals surface area contributed by atoms with Crippen molar-refractivity contribution in [2.24, 2.45) is 0 Å². The molecule has 1 heterocycles. The Kier molecular flexibility index (Phi) is 8.04. The van der Waals surface area contributed by atoms with Crippen molar-refractivity contribution < 1.29 is 18.7 Å². The molecule has 1 aliphatic heterocycles. The molecule has 0 bridgehead atoms. The Labute approximate surface area is 183 Å². The highest BCUT2D eigenvalue weighted by atomic mass is 19.1. The van der Waals surface area contributed by atoms with Gasteiger partial charge < -0.3 is 15.0 Å². The SMILES string of the molecule is Cc1cccc(C)c1OCCCC(=O)N1CCC(NC(=O)Cc2ccc(F)cc2)CC1. The first-order valence-electron chi connectivity index (χ1n) is 10.9. The number of nitrogens with zero attached hydrogens (tertiary/aromatic N) is 1. The Morgan fingerprint density at radius 1 is 1.06 bits per heavy atom. The van der Waals surface area contributed by atoms with Crippen LogP contribution in [0.25, 0.3) is 0 Å². The molecule has 0 aliphatic carbocycles. The van der Waals surface area contributed by atoms with E-state index in [1.807, 2.05) is 36.9 Å². The van der Waals surface area contributed by atoms with E-state index in [0.717, 1.165) is 35.3 Å². The number of hydrogen-bond acceptors (Lipinski definition) is 3. The largest absolute Gasteiger partial charge is 0.493 e. The highest BCUT2D eigenvalue weighted by Crippen LogP contribution is 2.22. The molecular formula is C25H31FN2O3. The predicted octanol–water partition coefficient (Wildman–Crippen LogP) is 3.95. The molecule has 2 aromatic rings. The smallest absolute Gasteiger partial charge is 0.224 e. The van der Waals surface area contributed by atoms with E-state index in [1.54, 1.807) is 12.1 Å². The average Bonchev–Trinajstić information content (AvgIpc) is 2.75. The van der Waals surface area contributed by atoms with Crippen LogP contribution >= 0.6 is 0 Å². The second-order valence-corrected chi connectivity index (χ2v) is 8.20. The lowest BCUT2D eigenvalue weighted by Crippen LogP contribution is -2.46. The molecule has 0 saturated carbocycles. The van der Waals surface area contributed by atoms with Gasteiger partial charge >= 0.3 is 0 Å². The molecule has 1 aliphatic rings. The number of rotatable bonds is 8. The molecule has 0 spiro atoms. The highest BCUT2D eigenvalue weighted by Gasteiger charge is 2.23. The van der Waals surface area contributed by atoms with Gasteiger partial charge in [0.25, 0.3) is 0 Å². The van der Waals surface area contributed by atoms with Gasteiger partial charge in [0.05, 0.1) is 13.0 Å². The summed E-state index contributed by atoms with van der Waals surface area (Å²) in [6, 6.07) is 12.1. The Balaban J connectivity index is 1.33. The maximum absolute atomic E-state index is 13.0. The standard InChI is InChI=1S/C25H31FN2O3/c1-18-5-3-6-19(2)25(18)31-16-4-7-24(30)28-14-12-22(13-15-28)27-23(29)17-20-8-10-21(26)11-9-20/h3,5-6,8-11,22H,4,7,12-17H2,1-2H3,(H,27,29). The van der Waals surface area contributed by atoms with E-state index in [2.05, 4.69) is 5.32 Å². The van der Waals surface area contributed by atoms with Crippen molar-refractivity contribution >= 4 is 11.8 Å². The molecule has 2 aromatic carbocycles. The van der Waals surface area contributed by atoms with Gasteiger partial charge in [-0.2, -0.15) is 0 Å². The van der Waals surface area contributed by atoms with Crippen molar-refractivity contribution in [1.29, 1.82) is 0 Å². The van der Waals surface area contributed by atoms with Crippen molar-refractivity contribution in [3.63, 3.8) is 0 Å². The minimum atomic E-state index is -0.307. The van der Waals surface area contributed by atoms with Crippen LogP contribution in [0.2, 0.25) is 0 Å². The van der Waals surface area contributed by atoms with Gasteiger partial charge in [0.1, 0.15) is 11.6 Å². The van der Waals surface area contributed by atoms with Crippen LogP contribution in [0.5, 0.6) is 5.75 Å². The van der Waals surface area contributed by atoms with Crippen LogP contribution in [-0.4, -0.2) is 42.5 Å². The zero-order valence-corrected chi connectivity index (χ0v) is 18.3. The van der Waals surface area contributed by atoms with Crippen molar-refractivity contribution in [2.45, 2.75) is 52.0 Å². The van der Waals surface area contributed by atoms with E-state index in [1.165, 1.54) is 12.1 Å². The van der Waals surface area contributed by atoms with Crippen LogP contribution < -0.4 is 10.1 Å². The van der Waals surface area contributed by atoms with Gasteiger partial charge in [-0.25, -0.2) is 4.39 Å². The monoisotopic (exact) mass is 426 g/mol. The third-order valence-electron chi connectivity index (χ3n) is 5.68. The normalized spacial score (nSPS) is 14.4. The molecule has 1 N–H and O–H groups in total. The third-order valence-corrected chi connectivity index (χ3v) is 5.68. The van der Waals surface area contributed by atoms with Crippen LogP contribution in [-0.2, 0) is 16.0 Å². The van der Waals surface area contributed by atoms with Crippen LogP contribution in [0.1, 0.15) is 42.4 Å². The number of para-hydroxylation sites is 1. The first-order valence-corrected chi connectivity index (χ1v) is 10.9. The number of halogens is 1. The second-order valence-electron chi connectivity index (χ2n) is 8.20. The van der Waals surface area contributed by atoms with Crippen molar-refractivity contribution in [3.8, 4) is 5.75 Å². The summed E-state index contributed by atoms with van der Waals surface area (Å²) < 4.78 is 18.8. The zero-order valence-electron chi connectivity index (χ0n) is 18.3. The molecule has 0 atom stereocenters. The topological polar surface area (TPSA) is 58.6 Å². The molecule has 0 unspecified atom stereocenters. The summed E-state index contributed by atoms with van der Waals surface area (Å²) in [5.74, 6) is 0.673. The number of benzene rings is 2. The lowest BCUT2D eigenvalue weighted by Gasteiger charge is -2.32. The van der Waals surface area contributed by atoms with Gasteiger partial charge in [0.15, 0.2) is 0 Å². The van der Waals surface area contributed by atoms with Crippen molar-refractivity contribution in [3.05, 3.63) is 65.0 Å². The summed E-state index contributed by atoms with van der Waals surface area (Å²) in [7, 11) is 0. The fourth-order valence-electron chi connectivity index (χ4n) is 3.92. The molecule has 1 fully saturated rings. The third kappa shape index (κ3) is 6.81. The number of ether oxygens (including phenoxy) is 1. The Hall–Kier alpha value is -2.89. The van der Waals surface area contributed by atoms with Crippen LogP contribution in [0, 0.1) is 19.7 Å². The molecular weight excluding hydrogens is 395 g/mol. The van der Waals surface area contributed by atoms with E-state index in [0.29, 0.717) is 32.5 Å². The number of carbonyl (C=O) groups excluding carboxylic acids is 2. The fraction of sp³-hybridized carbons (Fsp3) is 0.440. The molecule has 1 saturated heterocycles. The summed E-state index contributed by atoms with van der Waals surface area (Å²) in [6.45, 7) is 5.87. The lowest BCUT2D eigenvalue weighted by molar-refractivity contribution is -0.132. The van der Waals surface area contributed by atoms with E-state index in [9.17, 15) is 14.0 Å². The van der Waals surface area contributed by atoms with Crippen LogP contribution in [0.4, 0.5) is 4.39 Å². The molecule has 0 aromatic heterocycles. The predicted molar refractivity (Wildman–Crippen MR) is 118 cm³/mol. The summed E-state index contributed by atoms with van der Waals surface area (Å²) >= 11 is 0. The Morgan fingerprint density at radius 3 is 2.35 bits per heavy atom. The fourth-order valence-corrected chi connectivity index (χ4v) is 3.92. The molecule has 3 rings (SSSR count). The van der Waals surface area contributed by atoms with Gasteiger partial charge in [-0.1, -0.05) is 30.3 Å². The summed E-state index contributed by atoms with van der Waals surface area (Å²) in [6.07, 6.45) is 2.88. The Morgan fingerprint density at radius 2 is 1.71 bits per heavy atom. The average molecular weight is 427 g/mol. The molecule has 2 amide bonds.